The maximum atomic E-state index is 6.09. The van der Waals surface area contributed by atoms with Gasteiger partial charge in [-0.25, -0.2) is 0 Å². The third kappa shape index (κ3) is 2.88. The molecule has 0 bridgehead atoms. The normalized spacial score (nSPS) is 15.2. The zero-order valence-electron chi connectivity index (χ0n) is 11.3. The van der Waals surface area contributed by atoms with E-state index >= 15 is 0 Å². The van der Waals surface area contributed by atoms with Crippen molar-refractivity contribution >= 4 is 38.5 Å². The Morgan fingerprint density at radius 1 is 1.15 bits per heavy atom. The predicted molar refractivity (Wildman–Crippen MR) is 87.3 cm³/mol. The molecule has 0 spiro atoms. The van der Waals surface area contributed by atoms with E-state index in [0.717, 1.165) is 23.7 Å². The molecule has 3 rings (SSSR count). The maximum absolute atomic E-state index is 6.09. The molecular weight excluding hydrogens is 331 g/mol. The SMILES string of the molecule is CNC1CN(c2cc([As])cc(-c3cccc(Cl)c3)c2)C1. The summed E-state index contributed by atoms with van der Waals surface area (Å²) >= 11 is 8.72. The third-order valence-corrected chi connectivity index (χ3v) is 4.49. The van der Waals surface area contributed by atoms with Gasteiger partial charge in [-0.1, -0.05) is 0 Å². The van der Waals surface area contributed by atoms with E-state index in [9.17, 15) is 0 Å². The Morgan fingerprint density at radius 3 is 2.65 bits per heavy atom. The minimum absolute atomic E-state index is 0.611. The molecule has 0 aliphatic carbocycles. The summed E-state index contributed by atoms with van der Waals surface area (Å²) in [6, 6.07) is 15.3. The molecule has 2 nitrogen and oxygen atoms in total. The molecule has 0 amide bonds. The van der Waals surface area contributed by atoms with Crippen LogP contribution in [0.15, 0.2) is 42.5 Å². The summed E-state index contributed by atoms with van der Waals surface area (Å²) in [5, 5.41) is 4.08. The molecule has 1 heterocycles. The van der Waals surface area contributed by atoms with E-state index in [1.54, 1.807) is 0 Å². The van der Waals surface area contributed by atoms with Crippen LogP contribution in [0.25, 0.3) is 11.1 Å². The van der Waals surface area contributed by atoms with E-state index < -0.39 is 0 Å². The van der Waals surface area contributed by atoms with E-state index in [1.165, 1.54) is 15.6 Å². The summed E-state index contributed by atoms with van der Waals surface area (Å²) < 4.78 is 1.22. The molecule has 2 radical (unpaired) electrons. The fourth-order valence-corrected chi connectivity index (χ4v) is 3.24. The van der Waals surface area contributed by atoms with Crippen molar-refractivity contribution in [3.63, 3.8) is 0 Å². The summed E-state index contributed by atoms with van der Waals surface area (Å²) in [5.74, 6) is 0. The monoisotopic (exact) mass is 346 g/mol. The van der Waals surface area contributed by atoms with E-state index in [4.69, 9.17) is 11.6 Å². The van der Waals surface area contributed by atoms with Crippen LogP contribution < -0.4 is 14.6 Å². The molecule has 4 heteroatoms. The molecule has 102 valence electrons. The van der Waals surface area contributed by atoms with Crippen LogP contribution in [-0.2, 0) is 0 Å². The number of hydrogen-bond acceptors (Lipinski definition) is 2. The Morgan fingerprint density at radius 2 is 1.95 bits per heavy atom. The number of hydrogen-bond donors (Lipinski definition) is 1. The average molecular weight is 347 g/mol. The number of nitrogens with one attached hydrogen (secondary N) is 1. The van der Waals surface area contributed by atoms with Gasteiger partial charge in [-0.3, -0.25) is 0 Å². The van der Waals surface area contributed by atoms with Gasteiger partial charge < -0.3 is 0 Å². The quantitative estimate of drug-likeness (QED) is 0.857. The molecule has 1 aliphatic rings. The molecule has 1 saturated heterocycles. The molecule has 2 aromatic carbocycles. The molecule has 0 saturated carbocycles. The fraction of sp³-hybridized carbons (Fsp3) is 0.250. The number of benzene rings is 2. The van der Waals surface area contributed by atoms with Crippen molar-refractivity contribution < 1.29 is 0 Å². The summed E-state index contributed by atoms with van der Waals surface area (Å²) in [4.78, 5) is 2.39. The minimum atomic E-state index is 0.611. The molecule has 1 fully saturated rings. The van der Waals surface area contributed by atoms with Gasteiger partial charge >= 0.3 is 134 Å². The summed E-state index contributed by atoms with van der Waals surface area (Å²) in [6.45, 7) is 2.14. The molecule has 0 unspecified atom stereocenters. The van der Waals surface area contributed by atoms with Crippen LogP contribution in [0.2, 0.25) is 5.02 Å². The van der Waals surface area contributed by atoms with Gasteiger partial charge in [0, 0.05) is 0 Å². The molecule has 1 aliphatic heterocycles. The first-order chi connectivity index (χ1) is 9.65. The first-order valence-corrected chi connectivity index (χ1v) is 7.99. The Labute approximate surface area is 133 Å². The van der Waals surface area contributed by atoms with E-state index in [2.05, 4.69) is 51.3 Å². The van der Waals surface area contributed by atoms with Crippen LogP contribution in [0.1, 0.15) is 0 Å². The van der Waals surface area contributed by atoms with Crippen molar-refractivity contribution in [2.24, 2.45) is 0 Å². The Balaban J connectivity index is 1.91. The van der Waals surface area contributed by atoms with Crippen LogP contribution in [0.3, 0.4) is 0 Å². The zero-order valence-corrected chi connectivity index (χ0v) is 13.9. The first-order valence-electron chi connectivity index (χ1n) is 6.68. The second kappa shape index (κ2) is 5.81. The Bertz CT molecular complexity index is 624. The van der Waals surface area contributed by atoms with E-state index in [1.807, 2.05) is 25.2 Å². The van der Waals surface area contributed by atoms with Crippen LogP contribution >= 0.6 is 11.6 Å². The van der Waals surface area contributed by atoms with E-state index in [-0.39, 0.29) is 0 Å². The second-order valence-corrected chi connectivity index (χ2v) is 6.66. The second-order valence-electron chi connectivity index (χ2n) is 5.14. The Hall–Kier alpha value is -0.952. The molecule has 0 aromatic heterocycles. The topological polar surface area (TPSA) is 15.3 Å². The average Bonchev–Trinajstić information content (AvgIpc) is 2.37. The number of likely N-dealkylation sites (N-methyl/N-ethyl adjacent to an activating group) is 1. The van der Waals surface area contributed by atoms with Crippen LogP contribution in [0.4, 0.5) is 5.69 Å². The number of nitrogens with zero attached hydrogens (tertiary/aromatic N) is 1. The van der Waals surface area contributed by atoms with Gasteiger partial charge in [-0.15, -0.1) is 0 Å². The van der Waals surface area contributed by atoms with Crippen LogP contribution in [0.5, 0.6) is 0 Å². The van der Waals surface area contributed by atoms with Crippen molar-refractivity contribution in [3.05, 3.63) is 47.5 Å². The summed E-state index contributed by atoms with van der Waals surface area (Å²) in [5.41, 5.74) is 3.66. The van der Waals surface area contributed by atoms with Gasteiger partial charge in [-0.05, 0) is 0 Å². The van der Waals surface area contributed by atoms with Crippen molar-refractivity contribution in [2.45, 2.75) is 6.04 Å². The first kappa shape index (κ1) is 14.0. The van der Waals surface area contributed by atoms with Crippen molar-refractivity contribution in [2.75, 3.05) is 25.0 Å². The van der Waals surface area contributed by atoms with Crippen molar-refractivity contribution in [1.82, 2.24) is 5.32 Å². The number of anilines is 1. The summed E-state index contributed by atoms with van der Waals surface area (Å²) in [7, 11) is 2.02. The number of rotatable bonds is 3. The van der Waals surface area contributed by atoms with Gasteiger partial charge in [-0.2, -0.15) is 0 Å². The van der Waals surface area contributed by atoms with Gasteiger partial charge in [0.15, 0.2) is 0 Å². The zero-order chi connectivity index (χ0) is 14.1. The van der Waals surface area contributed by atoms with Gasteiger partial charge in [0.2, 0.25) is 0 Å². The van der Waals surface area contributed by atoms with Crippen molar-refractivity contribution in [3.8, 4) is 11.1 Å². The van der Waals surface area contributed by atoms with Crippen LogP contribution in [0, 0.1) is 0 Å². The molecule has 1 N–H and O–H groups in total. The Kier molecular flexibility index (Phi) is 4.07. The van der Waals surface area contributed by atoms with Crippen LogP contribution in [-0.4, -0.2) is 43.0 Å². The van der Waals surface area contributed by atoms with Gasteiger partial charge in [0.05, 0.1) is 0 Å². The molecule has 0 atom stereocenters. The van der Waals surface area contributed by atoms with Crippen molar-refractivity contribution in [1.29, 1.82) is 0 Å². The summed E-state index contributed by atoms with van der Waals surface area (Å²) in [6.07, 6.45) is 0. The van der Waals surface area contributed by atoms with E-state index in [0.29, 0.717) is 6.04 Å². The predicted octanol–water partition coefficient (Wildman–Crippen LogP) is 2.21. The van der Waals surface area contributed by atoms with Gasteiger partial charge in [0.1, 0.15) is 0 Å². The molecular formula is C16H16AsClN2. The molecule has 2 aromatic rings. The standard InChI is InChI=1S/C16H16AsClN2/c1-19-15-9-20(10-15)16-7-12(5-13(17)8-16)11-3-2-4-14(18)6-11/h2-8,15,19H,9-10H2,1H3. The van der Waals surface area contributed by atoms with Gasteiger partial charge in [0.25, 0.3) is 0 Å². The fourth-order valence-electron chi connectivity index (χ4n) is 2.48. The number of halogens is 1. The third-order valence-electron chi connectivity index (χ3n) is 3.72. The molecule has 20 heavy (non-hydrogen) atoms.